The van der Waals surface area contributed by atoms with Gasteiger partial charge in [-0.1, -0.05) is 68.3 Å². The molecule has 1 aliphatic carbocycles. The number of hydrogen-bond acceptors (Lipinski definition) is 3. The Morgan fingerprint density at radius 2 is 2.04 bits per heavy atom. The first-order valence-corrected chi connectivity index (χ1v) is 9.64. The Morgan fingerprint density at radius 3 is 2.74 bits per heavy atom. The summed E-state index contributed by atoms with van der Waals surface area (Å²) in [7, 11) is 1.34. The lowest BCUT2D eigenvalue weighted by Crippen LogP contribution is -2.43. The minimum Gasteiger partial charge on any atom is -0.467 e. The maximum absolute atomic E-state index is 12.7. The predicted octanol–water partition coefficient (Wildman–Crippen LogP) is 4.28. The summed E-state index contributed by atoms with van der Waals surface area (Å²) in [4.78, 5) is 24.8. The van der Waals surface area contributed by atoms with E-state index < -0.39 is 12.0 Å². The van der Waals surface area contributed by atoms with Gasteiger partial charge in [0.15, 0.2) is 0 Å². The summed E-state index contributed by atoms with van der Waals surface area (Å²) in [5.41, 5.74) is 2.73. The topological polar surface area (TPSA) is 55.4 Å². The molecule has 0 spiro atoms. The fourth-order valence-corrected chi connectivity index (χ4v) is 3.00. The average molecular weight is 367 g/mol. The monoisotopic (exact) mass is 367 g/mol. The van der Waals surface area contributed by atoms with E-state index in [1.165, 1.54) is 20.0 Å². The van der Waals surface area contributed by atoms with Crippen molar-refractivity contribution in [1.29, 1.82) is 0 Å². The number of hydrogen-bond donors (Lipinski definition) is 1. The van der Waals surface area contributed by atoms with Crippen molar-refractivity contribution in [2.75, 3.05) is 7.11 Å². The Kier molecular flexibility index (Phi) is 8.56. The Balaban J connectivity index is 2.03. The zero-order chi connectivity index (χ0) is 19.5. The first-order chi connectivity index (χ1) is 13.1. The molecular formula is C23H29NO3. The Morgan fingerprint density at radius 1 is 1.26 bits per heavy atom. The van der Waals surface area contributed by atoms with E-state index >= 15 is 0 Å². The van der Waals surface area contributed by atoms with Crippen LogP contribution in [0.5, 0.6) is 0 Å². The van der Waals surface area contributed by atoms with Gasteiger partial charge in [-0.2, -0.15) is 0 Å². The lowest BCUT2D eigenvalue weighted by Gasteiger charge is -2.18. The number of methoxy groups -OCH3 is 1. The summed E-state index contributed by atoms with van der Waals surface area (Å²) in [6.45, 7) is 2.17. The molecule has 1 amide bonds. The summed E-state index contributed by atoms with van der Waals surface area (Å²) in [6, 6.07) is 8.90. The molecule has 1 aromatic rings. The van der Waals surface area contributed by atoms with Gasteiger partial charge in [0.2, 0.25) is 0 Å². The third kappa shape index (κ3) is 6.89. The highest BCUT2D eigenvalue weighted by Crippen LogP contribution is 2.19. The average Bonchev–Trinajstić information content (AvgIpc) is 2.71. The van der Waals surface area contributed by atoms with Crippen LogP contribution in [-0.4, -0.2) is 25.0 Å². The maximum Gasteiger partial charge on any atom is 0.328 e. The van der Waals surface area contributed by atoms with Crippen LogP contribution in [-0.2, 0) is 20.7 Å². The molecule has 1 atom stereocenters. The van der Waals surface area contributed by atoms with E-state index in [0.717, 1.165) is 30.4 Å². The van der Waals surface area contributed by atoms with E-state index in [4.69, 9.17) is 4.74 Å². The number of unbranched alkanes of at least 4 members (excludes halogenated alkanes) is 2. The highest BCUT2D eigenvalue weighted by Gasteiger charge is 2.23. The van der Waals surface area contributed by atoms with Crippen LogP contribution in [0.2, 0.25) is 0 Å². The van der Waals surface area contributed by atoms with Crippen LogP contribution in [0.4, 0.5) is 0 Å². The second-order valence-corrected chi connectivity index (χ2v) is 6.70. The first kappa shape index (κ1) is 20.7. The molecule has 1 N–H and O–H groups in total. The molecule has 0 saturated heterocycles. The lowest BCUT2D eigenvalue weighted by molar-refractivity contribution is -0.144. The van der Waals surface area contributed by atoms with Crippen molar-refractivity contribution in [3.63, 3.8) is 0 Å². The van der Waals surface area contributed by atoms with E-state index in [-0.39, 0.29) is 5.91 Å². The molecule has 0 fully saturated rings. The third-order valence-corrected chi connectivity index (χ3v) is 4.53. The van der Waals surface area contributed by atoms with Crippen molar-refractivity contribution < 1.29 is 14.3 Å². The number of nitrogens with one attached hydrogen (secondary N) is 1. The SMILES string of the molecule is CCCC/C=C\C1=CC(C(=O)NC(Cc2ccccc2)C(=O)OC)=CCC1. The lowest BCUT2D eigenvalue weighted by atomic mass is 9.97. The number of amides is 1. The van der Waals surface area contributed by atoms with E-state index in [9.17, 15) is 9.59 Å². The number of ether oxygens (including phenoxy) is 1. The molecule has 4 heteroatoms. The van der Waals surface area contributed by atoms with E-state index in [0.29, 0.717) is 12.0 Å². The number of esters is 1. The summed E-state index contributed by atoms with van der Waals surface area (Å²) >= 11 is 0. The second-order valence-electron chi connectivity index (χ2n) is 6.70. The van der Waals surface area contributed by atoms with Gasteiger partial charge in [-0.3, -0.25) is 4.79 Å². The number of carbonyl (C=O) groups excluding carboxylic acids is 2. The molecule has 0 aliphatic heterocycles. The predicted molar refractivity (Wildman–Crippen MR) is 108 cm³/mol. The van der Waals surface area contributed by atoms with Crippen LogP contribution in [0.1, 0.15) is 44.6 Å². The molecule has 2 rings (SSSR count). The molecule has 1 aliphatic rings. The fourth-order valence-electron chi connectivity index (χ4n) is 3.00. The molecule has 0 bridgehead atoms. The molecule has 0 heterocycles. The quantitative estimate of drug-likeness (QED) is 0.523. The van der Waals surface area contributed by atoms with Gasteiger partial charge in [0.05, 0.1) is 7.11 Å². The van der Waals surface area contributed by atoms with Crippen molar-refractivity contribution >= 4 is 11.9 Å². The molecule has 1 unspecified atom stereocenters. The molecule has 0 radical (unpaired) electrons. The van der Waals surface area contributed by atoms with Gasteiger partial charge >= 0.3 is 5.97 Å². The molecule has 1 aromatic carbocycles. The van der Waals surface area contributed by atoms with Crippen LogP contribution in [0, 0.1) is 0 Å². The van der Waals surface area contributed by atoms with Crippen LogP contribution in [0.3, 0.4) is 0 Å². The van der Waals surface area contributed by atoms with Gasteiger partial charge in [0.1, 0.15) is 6.04 Å². The largest absolute Gasteiger partial charge is 0.467 e. The van der Waals surface area contributed by atoms with Gasteiger partial charge in [0, 0.05) is 12.0 Å². The van der Waals surface area contributed by atoms with Crippen LogP contribution >= 0.6 is 0 Å². The third-order valence-electron chi connectivity index (χ3n) is 4.53. The van der Waals surface area contributed by atoms with E-state index in [1.807, 2.05) is 42.5 Å². The summed E-state index contributed by atoms with van der Waals surface area (Å²) in [5, 5.41) is 2.83. The van der Waals surface area contributed by atoms with Gasteiger partial charge in [0.25, 0.3) is 5.91 Å². The maximum atomic E-state index is 12.7. The van der Waals surface area contributed by atoms with Crippen molar-refractivity contribution in [3.05, 3.63) is 71.3 Å². The zero-order valence-electron chi connectivity index (χ0n) is 16.2. The standard InChI is InChI=1S/C23H29NO3/c1-3-4-5-7-11-18-14-10-15-20(16-18)22(25)24-21(23(26)27-2)17-19-12-8-6-9-13-19/h6-9,11-13,15-16,21H,3-5,10,14,17H2,1-2H3,(H,24,25)/b11-7-. The molecule has 4 nitrogen and oxygen atoms in total. The fraction of sp³-hybridized carbons (Fsp3) is 0.391. The van der Waals surface area contributed by atoms with Crippen LogP contribution in [0.15, 0.2) is 65.8 Å². The van der Waals surface area contributed by atoms with Gasteiger partial charge in [-0.15, -0.1) is 0 Å². The molecule has 0 saturated carbocycles. The van der Waals surface area contributed by atoms with Crippen molar-refractivity contribution in [1.82, 2.24) is 5.32 Å². The van der Waals surface area contributed by atoms with E-state index in [2.05, 4.69) is 24.4 Å². The zero-order valence-corrected chi connectivity index (χ0v) is 16.2. The summed E-state index contributed by atoms with van der Waals surface area (Å²) in [5.74, 6) is -0.673. The smallest absolute Gasteiger partial charge is 0.328 e. The number of benzene rings is 1. The van der Waals surface area contributed by atoms with E-state index in [1.54, 1.807) is 0 Å². The van der Waals surface area contributed by atoms with Gasteiger partial charge < -0.3 is 10.1 Å². The Hall–Kier alpha value is -2.62. The normalized spacial score (nSPS) is 15.0. The number of carbonyl (C=O) groups is 2. The van der Waals surface area contributed by atoms with Gasteiger partial charge in [-0.25, -0.2) is 4.79 Å². The Bertz CT molecular complexity index is 716. The molecular weight excluding hydrogens is 338 g/mol. The molecule has 0 aromatic heterocycles. The van der Waals surface area contributed by atoms with Crippen molar-refractivity contribution in [2.45, 2.75) is 51.5 Å². The minimum absolute atomic E-state index is 0.236. The van der Waals surface area contributed by atoms with Crippen LogP contribution in [0.25, 0.3) is 0 Å². The van der Waals surface area contributed by atoms with Crippen molar-refractivity contribution in [2.24, 2.45) is 0 Å². The minimum atomic E-state index is -0.704. The second kappa shape index (κ2) is 11.2. The van der Waals surface area contributed by atoms with Crippen LogP contribution < -0.4 is 5.32 Å². The Labute approximate surface area is 162 Å². The van der Waals surface area contributed by atoms with Gasteiger partial charge in [-0.05, 0) is 36.5 Å². The molecule has 27 heavy (non-hydrogen) atoms. The summed E-state index contributed by atoms with van der Waals surface area (Å²) < 4.78 is 4.87. The first-order valence-electron chi connectivity index (χ1n) is 9.64. The van der Waals surface area contributed by atoms with Crippen molar-refractivity contribution in [3.8, 4) is 0 Å². The number of allylic oxidation sites excluding steroid dienone is 4. The number of rotatable bonds is 9. The highest BCUT2D eigenvalue weighted by atomic mass is 16.5. The highest BCUT2D eigenvalue weighted by molar-refractivity contribution is 5.99. The molecule has 144 valence electrons. The summed E-state index contributed by atoms with van der Waals surface area (Å²) in [6.07, 6.45) is 13.7.